The van der Waals surface area contributed by atoms with E-state index in [1.54, 1.807) is 17.9 Å². The van der Waals surface area contributed by atoms with E-state index in [-0.39, 0.29) is 11.1 Å². The molecule has 0 bridgehead atoms. The van der Waals surface area contributed by atoms with Crippen LogP contribution in [-0.4, -0.2) is 36.7 Å². The number of nitrogens with zero attached hydrogens (tertiary/aromatic N) is 1. The molecule has 0 unspecified atom stereocenters. The molecule has 0 atom stereocenters. The summed E-state index contributed by atoms with van der Waals surface area (Å²) in [7, 11) is 0. The molecule has 1 aromatic carbocycles. The predicted molar refractivity (Wildman–Crippen MR) is 79.9 cm³/mol. The molecule has 1 N–H and O–H groups in total. The van der Waals surface area contributed by atoms with Crippen LogP contribution in [0.5, 0.6) is 0 Å². The summed E-state index contributed by atoms with van der Waals surface area (Å²) < 4.78 is 18.3. The van der Waals surface area contributed by atoms with E-state index >= 15 is 0 Å². The van der Waals surface area contributed by atoms with Crippen molar-refractivity contribution in [1.29, 1.82) is 0 Å². The van der Waals surface area contributed by atoms with Gasteiger partial charge in [-0.05, 0) is 37.5 Å². The molecule has 4 nitrogen and oxygen atoms in total. The molecule has 0 aromatic heterocycles. The first-order valence-corrected chi connectivity index (χ1v) is 7.57. The Balaban J connectivity index is 1.76. The molecule has 0 aliphatic carbocycles. The molecule has 0 saturated carbocycles. The van der Waals surface area contributed by atoms with Gasteiger partial charge in [0.2, 0.25) is 0 Å². The van der Waals surface area contributed by atoms with Crippen molar-refractivity contribution in [2.24, 2.45) is 0 Å². The SMILES string of the molecule is CCOC(=O)N1CCC(NCc2ccc(Cl)c(F)c2)CC1. The second-order valence-corrected chi connectivity index (χ2v) is 5.50. The largest absolute Gasteiger partial charge is 0.450 e. The van der Waals surface area contributed by atoms with Gasteiger partial charge in [0.05, 0.1) is 11.6 Å². The topological polar surface area (TPSA) is 41.6 Å². The number of rotatable bonds is 4. The predicted octanol–water partition coefficient (Wildman–Crippen LogP) is 3.19. The molecule has 0 radical (unpaired) electrons. The van der Waals surface area contributed by atoms with E-state index in [9.17, 15) is 9.18 Å². The van der Waals surface area contributed by atoms with E-state index in [2.05, 4.69) is 5.32 Å². The van der Waals surface area contributed by atoms with E-state index in [0.717, 1.165) is 18.4 Å². The zero-order valence-electron chi connectivity index (χ0n) is 12.1. The summed E-state index contributed by atoms with van der Waals surface area (Å²) in [6.45, 7) is 4.17. The third kappa shape index (κ3) is 4.58. The molecular formula is C15H20ClFN2O2. The molecule has 116 valence electrons. The molecule has 1 aromatic rings. The standard InChI is InChI=1S/C15H20ClFN2O2/c1-2-21-15(20)19-7-5-12(6-8-19)18-10-11-3-4-13(16)14(17)9-11/h3-4,9,12,18H,2,5-8,10H2,1H3. The monoisotopic (exact) mass is 314 g/mol. The number of carbonyl (C=O) groups is 1. The Morgan fingerprint density at radius 2 is 2.19 bits per heavy atom. The number of benzene rings is 1. The summed E-state index contributed by atoms with van der Waals surface area (Å²) in [6.07, 6.45) is 1.50. The van der Waals surface area contributed by atoms with Gasteiger partial charge < -0.3 is 15.0 Å². The van der Waals surface area contributed by atoms with Crippen LogP contribution in [0.25, 0.3) is 0 Å². The number of carbonyl (C=O) groups excluding carboxylic acids is 1. The third-order valence-electron chi connectivity index (χ3n) is 3.60. The summed E-state index contributed by atoms with van der Waals surface area (Å²) in [6, 6.07) is 5.15. The third-order valence-corrected chi connectivity index (χ3v) is 3.91. The fourth-order valence-corrected chi connectivity index (χ4v) is 2.51. The Labute approximate surface area is 129 Å². The highest BCUT2D eigenvalue weighted by Gasteiger charge is 2.23. The van der Waals surface area contributed by atoms with Gasteiger partial charge in [-0.2, -0.15) is 0 Å². The van der Waals surface area contributed by atoms with Gasteiger partial charge in [0.15, 0.2) is 0 Å². The number of amides is 1. The summed E-state index contributed by atoms with van der Waals surface area (Å²) in [5.74, 6) is -0.395. The fourth-order valence-electron chi connectivity index (χ4n) is 2.39. The lowest BCUT2D eigenvalue weighted by Gasteiger charge is -2.31. The van der Waals surface area contributed by atoms with E-state index < -0.39 is 5.82 Å². The van der Waals surface area contributed by atoms with Crippen LogP contribution in [0, 0.1) is 5.82 Å². The minimum atomic E-state index is -0.395. The molecule has 1 amide bonds. The number of likely N-dealkylation sites (tertiary alicyclic amines) is 1. The average Bonchev–Trinajstić information content (AvgIpc) is 2.49. The molecule has 1 aliphatic rings. The molecule has 21 heavy (non-hydrogen) atoms. The molecule has 6 heteroatoms. The normalized spacial score (nSPS) is 16.0. The smallest absolute Gasteiger partial charge is 0.409 e. The van der Waals surface area contributed by atoms with E-state index in [4.69, 9.17) is 16.3 Å². The minimum absolute atomic E-state index is 0.140. The van der Waals surface area contributed by atoms with Crippen molar-refractivity contribution < 1.29 is 13.9 Å². The fraction of sp³-hybridized carbons (Fsp3) is 0.533. The molecule has 1 heterocycles. The van der Waals surface area contributed by atoms with Gasteiger partial charge in [-0.25, -0.2) is 9.18 Å². The highest BCUT2D eigenvalue weighted by molar-refractivity contribution is 6.30. The van der Waals surface area contributed by atoms with Crippen molar-refractivity contribution in [1.82, 2.24) is 10.2 Å². The van der Waals surface area contributed by atoms with Gasteiger partial charge in [0.25, 0.3) is 0 Å². The Hall–Kier alpha value is -1.33. The first-order chi connectivity index (χ1) is 10.1. The molecule has 1 aliphatic heterocycles. The quantitative estimate of drug-likeness (QED) is 0.928. The highest BCUT2D eigenvalue weighted by atomic mass is 35.5. The van der Waals surface area contributed by atoms with Gasteiger partial charge >= 0.3 is 6.09 Å². The first kappa shape index (κ1) is 16.0. The van der Waals surface area contributed by atoms with Gasteiger partial charge in [-0.15, -0.1) is 0 Å². The van der Waals surface area contributed by atoms with Crippen LogP contribution in [-0.2, 0) is 11.3 Å². The number of halogens is 2. The summed E-state index contributed by atoms with van der Waals surface area (Å²) in [5, 5.41) is 3.53. The number of hydrogen-bond donors (Lipinski definition) is 1. The van der Waals surface area contributed by atoms with Gasteiger partial charge in [0.1, 0.15) is 5.82 Å². The number of ether oxygens (including phenoxy) is 1. The van der Waals surface area contributed by atoms with Crippen molar-refractivity contribution in [2.45, 2.75) is 32.4 Å². The average molecular weight is 315 g/mol. The van der Waals surface area contributed by atoms with Crippen molar-refractivity contribution >= 4 is 17.7 Å². The Morgan fingerprint density at radius 1 is 1.48 bits per heavy atom. The highest BCUT2D eigenvalue weighted by Crippen LogP contribution is 2.16. The molecule has 1 fully saturated rings. The van der Waals surface area contributed by atoms with Crippen molar-refractivity contribution in [3.8, 4) is 0 Å². The Morgan fingerprint density at radius 3 is 2.81 bits per heavy atom. The van der Waals surface area contributed by atoms with Crippen molar-refractivity contribution in [2.75, 3.05) is 19.7 Å². The number of hydrogen-bond acceptors (Lipinski definition) is 3. The summed E-state index contributed by atoms with van der Waals surface area (Å²) in [5.41, 5.74) is 0.865. The zero-order chi connectivity index (χ0) is 15.2. The van der Waals surface area contributed by atoms with Crippen molar-refractivity contribution in [3.05, 3.63) is 34.6 Å². The molecule has 2 rings (SSSR count). The lowest BCUT2D eigenvalue weighted by molar-refractivity contribution is 0.0950. The van der Waals surface area contributed by atoms with Crippen LogP contribution in [0.3, 0.4) is 0 Å². The van der Waals surface area contributed by atoms with Crippen molar-refractivity contribution in [3.63, 3.8) is 0 Å². The van der Waals surface area contributed by atoms with Gasteiger partial charge in [-0.1, -0.05) is 17.7 Å². The number of piperidine rings is 1. The minimum Gasteiger partial charge on any atom is -0.450 e. The molecule has 0 spiro atoms. The maximum absolute atomic E-state index is 13.3. The van der Waals surface area contributed by atoms with Gasteiger partial charge in [0, 0.05) is 25.7 Å². The first-order valence-electron chi connectivity index (χ1n) is 7.19. The van der Waals surface area contributed by atoms with Crippen LogP contribution in [0.2, 0.25) is 5.02 Å². The van der Waals surface area contributed by atoms with Crippen LogP contribution in [0.4, 0.5) is 9.18 Å². The Kier molecular flexibility index (Phi) is 5.82. The lowest BCUT2D eigenvalue weighted by Crippen LogP contribution is -2.44. The van der Waals surface area contributed by atoms with Crippen LogP contribution >= 0.6 is 11.6 Å². The molecule has 1 saturated heterocycles. The summed E-state index contributed by atoms with van der Waals surface area (Å²) in [4.78, 5) is 13.3. The van der Waals surface area contributed by atoms with E-state index in [0.29, 0.717) is 32.3 Å². The van der Waals surface area contributed by atoms with Crippen LogP contribution < -0.4 is 5.32 Å². The molecular weight excluding hydrogens is 295 g/mol. The maximum atomic E-state index is 13.3. The second-order valence-electron chi connectivity index (χ2n) is 5.09. The van der Waals surface area contributed by atoms with Gasteiger partial charge in [-0.3, -0.25) is 0 Å². The second kappa shape index (κ2) is 7.61. The van der Waals surface area contributed by atoms with E-state index in [1.165, 1.54) is 6.07 Å². The summed E-state index contributed by atoms with van der Waals surface area (Å²) >= 11 is 5.66. The maximum Gasteiger partial charge on any atom is 0.409 e. The number of nitrogens with one attached hydrogen (secondary N) is 1. The van der Waals surface area contributed by atoms with Crippen LogP contribution in [0.1, 0.15) is 25.3 Å². The van der Waals surface area contributed by atoms with E-state index in [1.807, 2.05) is 6.07 Å². The zero-order valence-corrected chi connectivity index (χ0v) is 12.8. The Bertz CT molecular complexity index is 491. The van der Waals surface area contributed by atoms with Crippen LogP contribution in [0.15, 0.2) is 18.2 Å². The lowest BCUT2D eigenvalue weighted by atomic mass is 10.0.